The molecule has 5 nitrogen and oxygen atoms in total. The molecule has 0 saturated heterocycles. The van der Waals surface area contributed by atoms with Crippen molar-refractivity contribution < 1.29 is 9.59 Å². The van der Waals surface area contributed by atoms with Crippen LogP contribution in [0.25, 0.3) is 0 Å². The number of benzene rings is 1. The van der Waals surface area contributed by atoms with Crippen molar-refractivity contribution in [2.24, 2.45) is 5.73 Å². The number of amides is 2. The highest BCUT2D eigenvalue weighted by Gasteiger charge is 2.13. The van der Waals surface area contributed by atoms with E-state index in [1.54, 1.807) is 12.1 Å². The van der Waals surface area contributed by atoms with Crippen LogP contribution in [-0.4, -0.2) is 24.9 Å². The van der Waals surface area contributed by atoms with Crippen molar-refractivity contribution in [1.82, 2.24) is 5.32 Å². The molecular weight excluding hydrogens is 289 g/mol. The summed E-state index contributed by atoms with van der Waals surface area (Å²) in [6.45, 7) is 1.82. The van der Waals surface area contributed by atoms with E-state index in [1.807, 2.05) is 6.92 Å². The van der Waals surface area contributed by atoms with E-state index < -0.39 is 6.04 Å². The third-order valence-electron chi connectivity index (χ3n) is 2.48. The number of carbonyl (C=O) groups excluding carboxylic acids is 2. The Morgan fingerprint density at radius 3 is 2.58 bits per heavy atom. The number of nitrogens with one attached hydrogen (secondary N) is 2. The van der Waals surface area contributed by atoms with E-state index in [-0.39, 0.29) is 24.2 Å². The predicted molar refractivity (Wildman–Crippen MR) is 79.0 cm³/mol. The van der Waals surface area contributed by atoms with Crippen LogP contribution in [0.15, 0.2) is 18.2 Å². The first-order chi connectivity index (χ1) is 8.49. The largest absolute Gasteiger partial charge is 0.355 e. The lowest BCUT2D eigenvalue weighted by Crippen LogP contribution is -2.34. The SMILES string of the molecule is CC[C@H](N)C(=O)Nc1ccc(Cl)c(C(=O)NC)c1.Cl. The van der Waals surface area contributed by atoms with E-state index in [1.165, 1.54) is 13.1 Å². The van der Waals surface area contributed by atoms with Gasteiger partial charge in [0.2, 0.25) is 5.91 Å². The number of carbonyl (C=O) groups is 2. The summed E-state index contributed by atoms with van der Waals surface area (Å²) in [4.78, 5) is 23.1. The molecule has 1 atom stereocenters. The summed E-state index contributed by atoms with van der Waals surface area (Å²) < 4.78 is 0. The maximum absolute atomic E-state index is 11.6. The highest BCUT2D eigenvalue weighted by molar-refractivity contribution is 6.34. The van der Waals surface area contributed by atoms with Gasteiger partial charge in [0.15, 0.2) is 0 Å². The molecule has 4 N–H and O–H groups in total. The standard InChI is InChI=1S/C12H16ClN3O2.ClH/c1-3-10(14)12(18)16-7-4-5-9(13)8(6-7)11(17)15-2;/h4-6,10H,3,14H2,1-2H3,(H,15,17)(H,16,18);1H/t10-;/m0./s1. The summed E-state index contributed by atoms with van der Waals surface area (Å²) >= 11 is 5.90. The Kier molecular flexibility index (Phi) is 7.44. The molecule has 19 heavy (non-hydrogen) atoms. The Morgan fingerprint density at radius 1 is 1.42 bits per heavy atom. The molecule has 0 spiro atoms. The Morgan fingerprint density at radius 2 is 2.05 bits per heavy atom. The zero-order chi connectivity index (χ0) is 13.7. The number of rotatable bonds is 4. The summed E-state index contributed by atoms with van der Waals surface area (Å²) in [5.41, 5.74) is 6.40. The van der Waals surface area contributed by atoms with Crippen molar-refractivity contribution >= 4 is 41.5 Å². The number of hydrogen-bond donors (Lipinski definition) is 3. The van der Waals surface area contributed by atoms with Gasteiger partial charge in [-0.15, -0.1) is 12.4 Å². The molecule has 1 aromatic rings. The Bertz CT molecular complexity index is 466. The van der Waals surface area contributed by atoms with E-state index in [0.29, 0.717) is 22.7 Å². The van der Waals surface area contributed by atoms with Gasteiger partial charge >= 0.3 is 0 Å². The second-order valence-electron chi connectivity index (χ2n) is 3.78. The molecule has 0 heterocycles. The third kappa shape index (κ3) is 4.70. The fraction of sp³-hybridized carbons (Fsp3) is 0.333. The highest BCUT2D eigenvalue weighted by Crippen LogP contribution is 2.20. The van der Waals surface area contributed by atoms with Crippen LogP contribution in [0.3, 0.4) is 0 Å². The smallest absolute Gasteiger partial charge is 0.252 e. The molecule has 7 heteroatoms. The minimum Gasteiger partial charge on any atom is -0.355 e. The predicted octanol–water partition coefficient (Wildman–Crippen LogP) is 1.80. The van der Waals surface area contributed by atoms with Crippen LogP contribution in [0.1, 0.15) is 23.7 Å². The van der Waals surface area contributed by atoms with E-state index in [0.717, 1.165) is 0 Å². The fourth-order valence-corrected chi connectivity index (χ4v) is 1.54. The highest BCUT2D eigenvalue weighted by atomic mass is 35.5. The van der Waals surface area contributed by atoms with Crippen LogP contribution in [0.5, 0.6) is 0 Å². The second-order valence-corrected chi connectivity index (χ2v) is 4.18. The summed E-state index contributed by atoms with van der Waals surface area (Å²) in [5.74, 6) is -0.599. The molecule has 0 saturated carbocycles. The number of halogens is 2. The molecule has 0 aliphatic heterocycles. The monoisotopic (exact) mass is 305 g/mol. The Balaban J connectivity index is 0.00000324. The fourth-order valence-electron chi connectivity index (χ4n) is 1.33. The van der Waals surface area contributed by atoms with Gasteiger partial charge in [-0.1, -0.05) is 18.5 Å². The second kappa shape index (κ2) is 7.99. The van der Waals surface area contributed by atoms with Crippen LogP contribution in [0.2, 0.25) is 5.02 Å². The van der Waals surface area contributed by atoms with Crippen LogP contribution in [0, 0.1) is 0 Å². The first-order valence-electron chi connectivity index (χ1n) is 5.57. The molecule has 106 valence electrons. The normalized spacial score (nSPS) is 11.2. The quantitative estimate of drug-likeness (QED) is 0.793. The Labute approximate surface area is 123 Å². The van der Waals surface area contributed by atoms with Gasteiger partial charge in [-0.25, -0.2) is 0 Å². The van der Waals surface area contributed by atoms with Crippen molar-refractivity contribution in [2.75, 3.05) is 12.4 Å². The molecule has 1 rings (SSSR count). The van der Waals surface area contributed by atoms with Gasteiger partial charge in [0.1, 0.15) is 0 Å². The topological polar surface area (TPSA) is 84.2 Å². The van der Waals surface area contributed by atoms with Crippen LogP contribution in [0.4, 0.5) is 5.69 Å². The summed E-state index contributed by atoms with van der Waals surface area (Å²) in [7, 11) is 1.51. The van der Waals surface area contributed by atoms with Crippen LogP contribution < -0.4 is 16.4 Å². The van der Waals surface area contributed by atoms with Gasteiger partial charge in [-0.05, 0) is 24.6 Å². The molecule has 0 bridgehead atoms. The van der Waals surface area contributed by atoms with E-state index >= 15 is 0 Å². The zero-order valence-electron chi connectivity index (χ0n) is 10.7. The minimum absolute atomic E-state index is 0. The lowest BCUT2D eigenvalue weighted by Gasteiger charge is -2.11. The Hall–Kier alpha value is -1.30. The molecule has 0 radical (unpaired) electrons. The molecule has 0 aliphatic rings. The van der Waals surface area contributed by atoms with Gasteiger partial charge in [-0.3, -0.25) is 9.59 Å². The van der Waals surface area contributed by atoms with Gasteiger partial charge in [0, 0.05) is 12.7 Å². The van der Waals surface area contributed by atoms with Gasteiger partial charge in [0.25, 0.3) is 5.91 Å². The first kappa shape index (κ1) is 17.7. The van der Waals surface area contributed by atoms with Crippen molar-refractivity contribution in [3.05, 3.63) is 28.8 Å². The van der Waals surface area contributed by atoms with E-state index in [4.69, 9.17) is 17.3 Å². The first-order valence-corrected chi connectivity index (χ1v) is 5.95. The van der Waals surface area contributed by atoms with Crippen molar-refractivity contribution in [3.8, 4) is 0 Å². The van der Waals surface area contributed by atoms with Gasteiger partial charge < -0.3 is 16.4 Å². The maximum Gasteiger partial charge on any atom is 0.252 e. The average Bonchev–Trinajstić information content (AvgIpc) is 2.38. The maximum atomic E-state index is 11.6. The van der Waals surface area contributed by atoms with Crippen molar-refractivity contribution in [1.29, 1.82) is 0 Å². The van der Waals surface area contributed by atoms with Crippen LogP contribution in [-0.2, 0) is 4.79 Å². The minimum atomic E-state index is -0.566. The molecule has 0 aromatic heterocycles. The van der Waals surface area contributed by atoms with Crippen LogP contribution >= 0.6 is 24.0 Å². The number of anilines is 1. The lowest BCUT2D eigenvalue weighted by atomic mass is 10.1. The van der Waals surface area contributed by atoms with Gasteiger partial charge in [0.05, 0.1) is 16.6 Å². The number of nitrogens with two attached hydrogens (primary N) is 1. The van der Waals surface area contributed by atoms with E-state index in [2.05, 4.69) is 10.6 Å². The molecule has 1 aromatic carbocycles. The summed E-state index contributed by atoms with van der Waals surface area (Å²) in [6, 6.07) is 4.12. The lowest BCUT2D eigenvalue weighted by molar-refractivity contribution is -0.117. The zero-order valence-corrected chi connectivity index (χ0v) is 12.3. The average molecular weight is 306 g/mol. The molecule has 0 fully saturated rings. The third-order valence-corrected chi connectivity index (χ3v) is 2.81. The van der Waals surface area contributed by atoms with Crippen molar-refractivity contribution in [3.63, 3.8) is 0 Å². The summed E-state index contributed by atoms with van der Waals surface area (Å²) in [5, 5.41) is 5.44. The molecular formula is C12H17Cl2N3O2. The van der Waals surface area contributed by atoms with Gasteiger partial charge in [-0.2, -0.15) is 0 Å². The van der Waals surface area contributed by atoms with Crippen molar-refractivity contribution in [2.45, 2.75) is 19.4 Å². The molecule has 0 aliphatic carbocycles. The number of hydrogen-bond acceptors (Lipinski definition) is 3. The van der Waals surface area contributed by atoms with E-state index in [9.17, 15) is 9.59 Å². The summed E-state index contributed by atoms with van der Waals surface area (Å²) in [6.07, 6.45) is 0.543. The molecule has 2 amide bonds. The molecule has 0 unspecified atom stereocenters.